The first-order chi connectivity index (χ1) is 16.3. The van der Waals surface area contributed by atoms with E-state index in [1.165, 1.54) is 12.1 Å². The maximum atomic E-state index is 12.3. The molecule has 0 spiro atoms. The number of hydrogen-bond acceptors (Lipinski definition) is 6. The third-order valence-electron chi connectivity index (χ3n) is 4.94. The number of benzene rings is 3. The number of nitriles is 1. The minimum absolute atomic E-state index is 0.0739. The van der Waals surface area contributed by atoms with Gasteiger partial charge < -0.3 is 19.9 Å². The van der Waals surface area contributed by atoms with Crippen molar-refractivity contribution in [2.45, 2.75) is 5.92 Å². The summed E-state index contributed by atoms with van der Waals surface area (Å²) in [5.41, 5.74) is 7.48. The lowest BCUT2D eigenvalue weighted by atomic mass is 9.83. The van der Waals surface area contributed by atoms with Crippen molar-refractivity contribution in [2.75, 3.05) is 6.61 Å². The van der Waals surface area contributed by atoms with Gasteiger partial charge in [0.15, 0.2) is 6.61 Å². The van der Waals surface area contributed by atoms with E-state index in [1.54, 1.807) is 42.5 Å². The van der Waals surface area contributed by atoms with Crippen molar-refractivity contribution in [1.82, 2.24) is 0 Å². The van der Waals surface area contributed by atoms with Crippen LogP contribution in [0.1, 0.15) is 17.0 Å². The molecule has 0 aliphatic carbocycles. The summed E-state index contributed by atoms with van der Waals surface area (Å²) in [4.78, 5) is 12.3. The van der Waals surface area contributed by atoms with E-state index in [0.29, 0.717) is 37.7 Å². The van der Waals surface area contributed by atoms with Crippen LogP contribution in [0, 0.1) is 11.3 Å². The Kier molecular flexibility index (Phi) is 7.11. The molecule has 3 aromatic carbocycles. The van der Waals surface area contributed by atoms with Crippen molar-refractivity contribution in [3.63, 3.8) is 0 Å². The number of ether oxygens (including phenoxy) is 3. The molecule has 172 valence electrons. The normalized spacial score (nSPS) is 14.6. The number of carbonyl (C=O) groups excluding carboxylic acids is 1. The highest BCUT2D eigenvalue weighted by Gasteiger charge is 2.32. The molecule has 1 heterocycles. The number of allylic oxidation sites excluding steroid dienone is 1. The van der Waals surface area contributed by atoms with Crippen LogP contribution in [0.25, 0.3) is 0 Å². The molecule has 0 aromatic heterocycles. The topological polar surface area (TPSA) is 94.6 Å². The molecule has 0 fully saturated rings. The second-order valence-corrected chi connectivity index (χ2v) is 8.82. The fourth-order valence-electron chi connectivity index (χ4n) is 3.44. The van der Waals surface area contributed by atoms with Crippen molar-refractivity contribution in [1.29, 1.82) is 5.26 Å². The number of nitrogens with two attached hydrogens (primary N) is 1. The molecule has 0 bridgehead atoms. The Bertz CT molecular complexity index is 1370. The number of halogens is 4. The predicted molar refractivity (Wildman–Crippen MR) is 130 cm³/mol. The Balaban J connectivity index is 1.56. The van der Waals surface area contributed by atoms with E-state index in [1.807, 2.05) is 0 Å². The summed E-state index contributed by atoms with van der Waals surface area (Å²) in [5, 5.41) is 11.2. The van der Waals surface area contributed by atoms with Crippen LogP contribution >= 0.6 is 46.4 Å². The molecule has 1 aliphatic heterocycles. The summed E-state index contributed by atoms with van der Waals surface area (Å²) in [6.07, 6.45) is 0. The number of nitrogens with zero attached hydrogens (tertiary/aromatic N) is 1. The smallest absolute Gasteiger partial charge is 0.349 e. The second-order valence-electron chi connectivity index (χ2n) is 7.13. The molecule has 0 saturated heterocycles. The van der Waals surface area contributed by atoms with Gasteiger partial charge in [-0.3, -0.25) is 0 Å². The van der Waals surface area contributed by atoms with Gasteiger partial charge in [0.05, 0.1) is 10.9 Å². The number of esters is 1. The van der Waals surface area contributed by atoms with E-state index in [9.17, 15) is 10.1 Å². The molecule has 10 heteroatoms. The van der Waals surface area contributed by atoms with Crippen LogP contribution in [0.15, 0.2) is 66.1 Å². The summed E-state index contributed by atoms with van der Waals surface area (Å²) < 4.78 is 16.4. The highest BCUT2D eigenvalue weighted by Crippen LogP contribution is 2.45. The summed E-state index contributed by atoms with van der Waals surface area (Å²) in [7, 11) is 0. The van der Waals surface area contributed by atoms with E-state index in [4.69, 9.17) is 66.3 Å². The van der Waals surface area contributed by atoms with Crippen molar-refractivity contribution < 1.29 is 19.0 Å². The van der Waals surface area contributed by atoms with Crippen molar-refractivity contribution in [3.8, 4) is 23.3 Å². The van der Waals surface area contributed by atoms with Crippen LogP contribution in [-0.2, 0) is 4.79 Å². The molecular weight excluding hydrogens is 522 g/mol. The fraction of sp³-hybridized carbons (Fsp3) is 0.0833. The average molecular weight is 536 g/mol. The highest BCUT2D eigenvalue weighted by atomic mass is 35.5. The quantitative estimate of drug-likeness (QED) is 0.296. The highest BCUT2D eigenvalue weighted by molar-refractivity contribution is 6.35. The Morgan fingerprint density at radius 2 is 1.65 bits per heavy atom. The SMILES string of the molecule is N#CC1=C(N)Oc2cc(OC(=O)COc3ccc(Cl)cc3Cl)ccc2C1c1ccc(Cl)cc1Cl. The third kappa shape index (κ3) is 5.03. The molecule has 3 aromatic rings. The Labute approximate surface area is 214 Å². The van der Waals surface area contributed by atoms with Gasteiger partial charge in [0.25, 0.3) is 0 Å². The predicted octanol–water partition coefficient (Wildman–Crippen LogP) is 6.50. The van der Waals surface area contributed by atoms with Crippen LogP contribution in [0.2, 0.25) is 20.1 Å². The first kappa shape index (κ1) is 24.1. The van der Waals surface area contributed by atoms with Crippen LogP contribution in [0.3, 0.4) is 0 Å². The van der Waals surface area contributed by atoms with Crippen molar-refractivity contribution >= 4 is 52.4 Å². The first-order valence-electron chi connectivity index (χ1n) is 9.72. The Morgan fingerprint density at radius 1 is 0.971 bits per heavy atom. The summed E-state index contributed by atoms with van der Waals surface area (Å²) >= 11 is 24.3. The average Bonchev–Trinajstić information content (AvgIpc) is 2.78. The molecular formula is C24H14Cl4N2O4. The molecule has 6 nitrogen and oxygen atoms in total. The van der Waals surface area contributed by atoms with Gasteiger partial charge in [-0.25, -0.2) is 4.79 Å². The van der Waals surface area contributed by atoms with Crippen LogP contribution in [0.5, 0.6) is 17.2 Å². The lowest BCUT2D eigenvalue weighted by Gasteiger charge is -2.27. The first-order valence-corrected chi connectivity index (χ1v) is 11.2. The van der Waals surface area contributed by atoms with Gasteiger partial charge >= 0.3 is 5.97 Å². The van der Waals surface area contributed by atoms with Gasteiger partial charge in [-0.05, 0) is 42.0 Å². The zero-order chi connectivity index (χ0) is 24.4. The monoisotopic (exact) mass is 534 g/mol. The third-order valence-corrected chi connectivity index (χ3v) is 6.03. The summed E-state index contributed by atoms with van der Waals surface area (Å²) in [6.45, 7) is -0.386. The van der Waals surface area contributed by atoms with Crippen LogP contribution < -0.4 is 19.9 Å². The molecule has 0 saturated carbocycles. The maximum Gasteiger partial charge on any atom is 0.349 e. The molecule has 1 atom stereocenters. The lowest BCUT2D eigenvalue weighted by molar-refractivity contribution is -0.136. The van der Waals surface area contributed by atoms with Gasteiger partial charge in [-0.2, -0.15) is 5.26 Å². The number of hydrogen-bond donors (Lipinski definition) is 1. The van der Waals surface area contributed by atoms with Crippen LogP contribution in [0.4, 0.5) is 0 Å². The Hall–Kier alpha value is -3.08. The molecule has 1 unspecified atom stereocenters. The van der Waals surface area contributed by atoms with Gasteiger partial charge in [0, 0.05) is 26.7 Å². The summed E-state index contributed by atoms with van der Waals surface area (Å²) in [5.74, 6) is -0.515. The molecule has 4 rings (SSSR count). The van der Waals surface area contributed by atoms with E-state index >= 15 is 0 Å². The van der Waals surface area contributed by atoms with E-state index < -0.39 is 11.9 Å². The minimum Gasteiger partial charge on any atom is -0.480 e. The van der Waals surface area contributed by atoms with E-state index in [-0.39, 0.29) is 28.8 Å². The largest absolute Gasteiger partial charge is 0.480 e. The molecule has 0 radical (unpaired) electrons. The maximum absolute atomic E-state index is 12.3. The minimum atomic E-state index is -0.666. The van der Waals surface area contributed by atoms with Gasteiger partial charge in [-0.15, -0.1) is 0 Å². The lowest BCUT2D eigenvalue weighted by Crippen LogP contribution is -2.22. The van der Waals surface area contributed by atoms with E-state index in [0.717, 1.165) is 0 Å². The van der Waals surface area contributed by atoms with Crippen molar-refractivity contribution in [3.05, 3.63) is 97.3 Å². The van der Waals surface area contributed by atoms with Crippen LogP contribution in [-0.4, -0.2) is 12.6 Å². The zero-order valence-electron chi connectivity index (χ0n) is 17.2. The van der Waals surface area contributed by atoms with Gasteiger partial charge in [-0.1, -0.05) is 58.5 Å². The Morgan fingerprint density at radius 3 is 2.32 bits per heavy atom. The van der Waals surface area contributed by atoms with E-state index in [2.05, 4.69) is 6.07 Å². The standard InChI is InChI=1S/C24H14Cl4N2O4/c25-12-1-4-15(18(27)7-12)23-16-5-3-14(9-21(16)34-24(30)17(23)10-29)33-22(31)11-32-20-6-2-13(26)8-19(20)28/h1-9,23H,11,30H2. The van der Waals surface area contributed by atoms with Gasteiger partial charge in [0.2, 0.25) is 5.88 Å². The zero-order valence-corrected chi connectivity index (χ0v) is 20.2. The molecule has 34 heavy (non-hydrogen) atoms. The fourth-order valence-corrected chi connectivity index (χ4v) is 4.43. The molecule has 0 amide bonds. The van der Waals surface area contributed by atoms with Gasteiger partial charge in [0.1, 0.15) is 28.9 Å². The molecule has 2 N–H and O–H groups in total. The second kappa shape index (κ2) is 10.0. The number of fused-ring (bicyclic) bond motifs is 1. The van der Waals surface area contributed by atoms with Crippen molar-refractivity contribution in [2.24, 2.45) is 5.73 Å². The number of rotatable bonds is 5. The summed E-state index contributed by atoms with van der Waals surface area (Å²) in [6, 6.07) is 16.5. The number of carbonyl (C=O) groups is 1. The molecule has 1 aliphatic rings.